The third-order valence-corrected chi connectivity index (χ3v) is 4.78. The van der Waals surface area contributed by atoms with Crippen LogP contribution >= 0.6 is 0 Å². The van der Waals surface area contributed by atoms with Crippen molar-refractivity contribution in [2.75, 3.05) is 7.11 Å². The zero-order valence-corrected chi connectivity index (χ0v) is 15.8. The number of methoxy groups -OCH3 is 1. The summed E-state index contributed by atoms with van der Waals surface area (Å²) in [6.07, 6.45) is 6.04. The number of ether oxygens (including phenoxy) is 2. The number of nitrogens with zero attached hydrogens (tertiary/aromatic N) is 3. The molecule has 0 radical (unpaired) electrons. The van der Waals surface area contributed by atoms with Crippen LogP contribution in [0.1, 0.15) is 41.6 Å². The number of carbonyl (C=O) groups is 1. The molecule has 0 atom stereocenters. The molecule has 148 valence electrons. The van der Waals surface area contributed by atoms with Gasteiger partial charge >= 0.3 is 0 Å². The smallest absolute Gasteiger partial charge is 0.278 e. The molecule has 1 amide bonds. The highest BCUT2D eigenvalue weighted by atomic mass is 16.6. The topological polar surface area (TPSA) is 116 Å². The standard InChI is InChI=1S/C19H22N4O5/c1-12-3-4-13(11-16(12)23(25)26)17(24)22-14-5-7-15(8-6-14)28-19-18(27-2)20-9-10-21-19/h3-4,9-11,14-15H,5-8H2,1-2H3,(H,22,24). The van der Waals surface area contributed by atoms with Crippen LogP contribution in [0.4, 0.5) is 5.69 Å². The zero-order chi connectivity index (χ0) is 20.1. The number of nitro benzene ring substituents is 1. The highest BCUT2D eigenvalue weighted by Crippen LogP contribution is 2.27. The lowest BCUT2D eigenvalue weighted by molar-refractivity contribution is -0.385. The molecule has 1 aromatic heterocycles. The molecule has 28 heavy (non-hydrogen) atoms. The van der Waals surface area contributed by atoms with E-state index in [1.54, 1.807) is 25.3 Å². The normalized spacial score (nSPS) is 18.9. The molecule has 0 saturated heterocycles. The number of hydrogen-bond acceptors (Lipinski definition) is 7. The highest BCUT2D eigenvalue weighted by Gasteiger charge is 2.26. The van der Waals surface area contributed by atoms with Crippen molar-refractivity contribution < 1.29 is 19.2 Å². The highest BCUT2D eigenvalue weighted by molar-refractivity contribution is 5.95. The van der Waals surface area contributed by atoms with Gasteiger partial charge in [0.2, 0.25) is 0 Å². The SMILES string of the molecule is COc1nccnc1OC1CCC(NC(=O)c2ccc(C)c([N+](=O)[O-])c2)CC1. The van der Waals surface area contributed by atoms with Crippen molar-refractivity contribution in [1.82, 2.24) is 15.3 Å². The molecule has 1 aliphatic carbocycles. The van der Waals surface area contributed by atoms with Gasteiger partial charge in [0.15, 0.2) is 0 Å². The first-order chi connectivity index (χ1) is 13.5. The van der Waals surface area contributed by atoms with Crippen molar-refractivity contribution in [2.45, 2.75) is 44.8 Å². The van der Waals surface area contributed by atoms with E-state index in [-0.39, 0.29) is 23.7 Å². The van der Waals surface area contributed by atoms with Crippen LogP contribution in [-0.4, -0.2) is 40.1 Å². The number of amides is 1. The quantitative estimate of drug-likeness (QED) is 0.599. The van der Waals surface area contributed by atoms with E-state index < -0.39 is 4.92 Å². The molecule has 1 fully saturated rings. The van der Waals surface area contributed by atoms with Gasteiger partial charge in [-0.3, -0.25) is 14.9 Å². The molecule has 3 rings (SSSR count). The Bertz CT molecular complexity index is 865. The Morgan fingerprint density at radius 3 is 2.50 bits per heavy atom. The number of carbonyl (C=O) groups excluding carboxylic acids is 1. The second kappa shape index (κ2) is 8.64. The van der Waals surface area contributed by atoms with Crippen molar-refractivity contribution in [3.63, 3.8) is 0 Å². The molecule has 2 aromatic rings. The van der Waals surface area contributed by atoms with E-state index in [0.29, 0.717) is 22.9 Å². The number of benzene rings is 1. The maximum Gasteiger partial charge on any atom is 0.278 e. The molecular weight excluding hydrogens is 364 g/mol. The average molecular weight is 386 g/mol. The Labute approximate surface area is 162 Å². The van der Waals surface area contributed by atoms with Gasteiger partial charge in [-0.25, -0.2) is 9.97 Å². The summed E-state index contributed by atoms with van der Waals surface area (Å²) in [5.74, 6) is 0.409. The maximum atomic E-state index is 12.5. The molecule has 0 spiro atoms. The molecule has 1 aromatic carbocycles. The molecular formula is C19H22N4O5. The summed E-state index contributed by atoms with van der Waals surface area (Å²) in [5, 5.41) is 14.0. The number of rotatable bonds is 6. The van der Waals surface area contributed by atoms with Gasteiger partial charge in [0.25, 0.3) is 23.4 Å². The Morgan fingerprint density at radius 2 is 1.86 bits per heavy atom. The number of nitro groups is 1. The summed E-state index contributed by atoms with van der Waals surface area (Å²) in [4.78, 5) is 31.2. The van der Waals surface area contributed by atoms with Crippen molar-refractivity contribution in [2.24, 2.45) is 0 Å². The first-order valence-electron chi connectivity index (χ1n) is 9.05. The van der Waals surface area contributed by atoms with E-state index >= 15 is 0 Å². The molecule has 0 bridgehead atoms. The van der Waals surface area contributed by atoms with E-state index in [2.05, 4.69) is 15.3 Å². The number of aryl methyl sites for hydroxylation is 1. The Morgan fingerprint density at radius 1 is 1.18 bits per heavy atom. The lowest BCUT2D eigenvalue weighted by atomic mass is 9.92. The summed E-state index contributed by atoms with van der Waals surface area (Å²) in [7, 11) is 1.51. The van der Waals surface area contributed by atoms with Crippen molar-refractivity contribution >= 4 is 11.6 Å². The van der Waals surface area contributed by atoms with Gasteiger partial charge in [-0.1, -0.05) is 6.07 Å². The fourth-order valence-electron chi connectivity index (χ4n) is 3.23. The zero-order valence-electron chi connectivity index (χ0n) is 15.8. The van der Waals surface area contributed by atoms with Crippen molar-refractivity contribution in [3.05, 3.63) is 51.8 Å². The second-order valence-corrected chi connectivity index (χ2v) is 6.69. The van der Waals surface area contributed by atoms with Crippen molar-refractivity contribution in [3.8, 4) is 11.8 Å². The van der Waals surface area contributed by atoms with Crippen LogP contribution in [0.2, 0.25) is 0 Å². The molecule has 9 heteroatoms. The largest absolute Gasteiger partial charge is 0.477 e. The van der Waals surface area contributed by atoms with E-state index in [0.717, 1.165) is 25.7 Å². The van der Waals surface area contributed by atoms with E-state index in [1.165, 1.54) is 19.4 Å². The molecule has 1 N–H and O–H groups in total. The van der Waals surface area contributed by atoms with Crippen molar-refractivity contribution in [1.29, 1.82) is 0 Å². The predicted molar refractivity (Wildman–Crippen MR) is 101 cm³/mol. The van der Waals surface area contributed by atoms with Gasteiger partial charge < -0.3 is 14.8 Å². The van der Waals surface area contributed by atoms with Gasteiger partial charge in [-0.15, -0.1) is 0 Å². The maximum absolute atomic E-state index is 12.5. The van der Waals surface area contributed by atoms with Crippen LogP contribution in [0.25, 0.3) is 0 Å². The summed E-state index contributed by atoms with van der Waals surface area (Å²) < 4.78 is 11.0. The van der Waals surface area contributed by atoms with E-state index in [9.17, 15) is 14.9 Å². The van der Waals surface area contributed by atoms with E-state index in [1.807, 2.05) is 0 Å². The third-order valence-electron chi connectivity index (χ3n) is 4.78. The lowest BCUT2D eigenvalue weighted by Crippen LogP contribution is -2.39. The minimum atomic E-state index is -0.477. The minimum absolute atomic E-state index is 0.00328. The summed E-state index contributed by atoms with van der Waals surface area (Å²) in [6, 6.07) is 4.51. The van der Waals surface area contributed by atoms with Crippen LogP contribution in [0.15, 0.2) is 30.6 Å². The van der Waals surface area contributed by atoms with Crippen LogP contribution < -0.4 is 14.8 Å². The first-order valence-corrected chi connectivity index (χ1v) is 9.05. The molecule has 1 heterocycles. The van der Waals surface area contributed by atoms with Gasteiger partial charge in [0, 0.05) is 35.6 Å². The summed E-state index contributed by atoms with van der Waals surface area (Å²) in [6.45, 7) is 1.65. The Balaban J connectivity index is 1.55. The van der Waals surface area contributed by atoms with Crippen LogP contribution in [0.5, 0.6) is 11.8 Å². The third kappa shape index (κ3) is 4.54. The monoisotopic (exact) mass is 386 g/mol. The number of aromatic nitrogens is 2. The molecule has 0 unspecified atom stereocenters. The second-order valence-electron chi connectivity index (χ2n) is 6.69. The van der Waals surface area contributed by atoms with Crippen LogP contribution in [-0.2, 0) is 0 Å². The van der Waals surface area contributed by atoms with Crippen LogP contribution in [0, 0.1) is 17.0 Å². The van der Waals surface area contributed by atoms with Gasteiger partial charge in [0.05, 0.1) is 12.0 Å². The van der Waals surface area contributed by atoms with E-state index in [4.69, 9.17) is 9.47 Å². The number of hydrogen-bond donors (Lipinski definition) is 1. The van der Waals surface area contributed by atoms with Crippen LogP contribution in [0.3, 0.4) is 0 Å². The molecule has 9 nitrogen and oxygen atoms in total. The minimum Gasteiger partial charge on any atom is -0.477 e. The molecule has 1 saturated carbocycles. The summed E-state index contributed by atoms with van der Waals surface area (Å²) >= 11 is 0. The number of nitrogens with one attached hydrogen (secondary N) is 1. The van der Waals surface area contributed by atoms with Gasteiger partial charge in [-0.05, 0) is 38.7 Å². The fourth-order valence-corrected chi connectivity index (χ4v) is 3.23. The average Bonchev–Trinajstić information content (AvgIpc) is 2.70. The van der Waals surface area contributed by atoms with Gasteiger partial charge in [0.1, 0.15) is 6.10 Å². The lowest BCUT2D eigenvalue weighted by Gasteiger charge is -2.29. The van der Waals surface area contributed by atoms with Gasteiger partial charge in [-0.2, -0.15) is 0 Å². The Hall–Kier alpha value is -3.23. The fraction of sp³-hybridized carbons (Fsp3) is 0.421. The predicted octanol–water partition coefficient (Wildman–Crippen LogP) is 2.82. The molecule has 1 aliphatic rings. The molecule has 0 aliphatic heterocycles. The summed E-state index contributed by atoms with van der Waals surface area (Å²) in [5.41, 5.74) is 0.765. The first kappa shape index (κ1) is 19.5. The Kier molecular flexibility index (Phi) is 6.03.